The fourth-order valence-corrected chi connectivity index (χ4v) is 4.79. The molecule has 1 saturated carbocycles. The molecule has 2 bridgehead atoms. The minimum atomic E-state index is -1.70. The third-order valence-electron chi connectivity index (χ3n) is 6.11. The average Bonchev–Trinajstić information content (AvgIpc) is 2.78. The molecule has 6 nitrogen and oxygen atoms in total. The molecule has 0 aromatic carbocycles. The molecule has 2 aliphatic heterocycles. The highest BCUT2D eigenvalue weighted by molar-refractivity contribution is 5.89. The lowest BCUT2D eigenvalue weighted by molar-refractivity contribution is -0.296. The van der Waals surface area contributed by atoms with Gasteiger partial charge in [-0.3, -0.25) is 5.41 Å². The highest BCUT2D eigenvalue weighted by Gasteiger charge is 2.80. The molecule has 6 heteroatoms. The first-order chi connectivity index (χ1) is 11.5. The standard InChI is InChI=1S/C18H22N4O2/c1-3-4-5-14-16(9-19,10-20)17(11-21)13-8-12(2)6-7-18(13,23-14)24-15(17)22/h12-14,22H,3-8H2,1-2H3. The Morgan fingerprint density at radius 2 is 1.96 bits per heavy atom. The summed E-state index contributed by atoms with van der Waals surface area (Å²) in [5.74, 6) is -1.37. The zero-order valence-corrected chi connectivity index (χ0v) is 14.1. The van der Waals surface area contributed by atoms with E-state index in [1.807, 2.05) is 6.92 Å². The second-order valence-corrected chi connectivity index (χ2v) is 7.38. The van der Waals surface area contributed by atoms with Gasteiger partial charge in [0.05, 0.1) is 30.2 Å². The van der Waals surface area contributed by atoms with Crippen LogP contribution in [0.5, 0.6) is 0 Å². The first kappa shape index (κ1) is 16.7. The van der Waals surface area contributed by atoms with Gasteiger partial charge in [-0.25, -0.2) is 0 Å². The Hall–Kier alpha value is -2.10. The summed E-state index contributed by atoms with van der Waals surface area (Å²) in [7, 11) is 0. The summed E-state index contributed by atoms with van der Waals surface area (Å²) in [4.78, 5) is 0. The van der Waals surface area contributed by atoms with Crippen LogP contribution in [0.2, 0.25) is 0 Å². The molecular weight excluding hydrogens is 304 g/mol. The largest absolute Gasteiger partial charge is 0.447 e. The van der Waals surface area contributed by atoms with Gasteiger partial charge in [-0.1, -0.05) is 26.7 Å². The van der Waals surface area contributed by atoms with E-state index in [2.05, 4.69) is 25.1 Å². The zero-order valence-electron chi connectivity index (χ0n) is 14.1. The summed E-state index contributed by atoms with van der Waals surface area (Å²) < 4.78 is 12.1. The Bertz CT molecular complexity index is 671. The van der Waals surface area contributed by atoms with Crippen molar-refractivity contribution in [3.05, 3.63) is 0 Å². The maximum Gasteiger partial charge on any atom is 0.217 e. The molecule has 0 radical (unpaired) electrons. The summed E-state index contributed by atoms with van der Waals surface area (Å²) in [6.07, 6.45) is 3.61. The van der Waals surface area contributed by atoms with Crippen LogP contribution in [0.3, 0.4) is 0 Å². The Morgan fingerprint density at radius 1 is 1.25 bits per heavy atom. The Labute approximate surface area is 142 Å². The lowest BCUT2D eigenvalue weighted by atomic mass is 9.51. The van der Waals surface area contributed by atoms with Crippen molar-refractivity contribution >= 4 is 5.90 Å². The van der Waals surface area contributed by atoms with Gasteiger partial charge in [0, 0.05) is 6.42 Å². The second kappa shape index (κ2) is 5.47. The van der Waals surface area contributed by atoms with Gasteiger partial charge in [0.2, 0.25) is 11.7 Å². The predicted molar refractivity (Wildman–Crippen MR) is 84.2 cm³/mol. The molecule has 3 aliphatic rings. The molecular formula is C18H22N4O2. The van der Waals surface area contributed by atoms with Crippen molar-refractivity contribution in [2.24, 2.45) is 22.7 Å². The van der Waals surface area contributed by atoms with Crippen molar-refractivity contribution in [1.82, 2.24) is 0 Å². The van der Waals surface area contributed by atoms with Gasteiger partial charge < -0.3 is 9.47 Å². The first-order valence-electron chi connectivity index (χ1n) is 8.66. The van der Waals surface area contributed by atoms with E-state index in [1.54, 1.807) is 0 Å². The molecule has 0 amide bonds. The van der Waals surface area contributed by atoms with Crippen molar-refractivity contribution in [2.75, 3.05) is 0 Å². The summed E-state index contributed by atoms with van der Waals surface area (Å²) in [5, 5.41) is 38.3. The maximum atomic E-state index is 10.1. The molecule has 2 heterocycles. The predicted octanol–water partition coefficient (Wildman–Crippen LogP) is 3.26. The van der Waals surface area contributed by atoms with E-state index in [4.69, 9.17) is 14.9 Å². The van der Waals surface area contributed by atoms with E-state index in [0.717, 1.165) is 19.3 Å². The third-order valence-corrected chi connectivity index (χ3v) is 6.11. The zero-order chi connectivity index (χ0) is 17.6. The SMILES string of the molecule is CCCCC1OC23CCC(C)CC2C(C#N)(C(=N)O3)C1(C#N)C#N. The van der Waals surface area contributed by atoms with Crippen LogP contribution < -0.4 is 0 Å². The second-order valence-electron chi connectivity index (χ2n) is 7.38. The number of nitriles is 3. The van der Waals surface area contributed by atoms with Crippen LogP contribution in [0, 0.1) is 62.1 Å². The van der Waals surface area contributed by atoms with E-state index in [-0.39, 0.29) is 5.90 Å². The number of rotatable bonds is 3. The van der Waals surface area contributed by atoms with E-state index >= 15 is 0 Å². The van der Waals surface area contributed by atoms with E-state index in [1.165, 1.54) is 0 Å². The van der Waals surface area contributed by atoms with Crippen molar-refractivity contribution in [3.8, 4) is 18.2 Å². The molecule has 126 valence electrons. The lowest BCUT2D eigenvalue weighted by Crippen LogP contribution is -2.63. The molecule has 1 N–H and O–H groups in total. The van der Waals surface area contributed by atoms with Crippen LogP contribution >= 0.6 is 0 Å². The molecule has 3 rings (SSSR count). The van der Waals surface area contributed by atoms with E-state index in [9.17, 15) is 15.8 Å². The van der Waals surface area contributed by atoms with Gasteiger partial charge in [0.1, 0.15) is 0 Å². The topological polar surface area (TPSA) is 114 Å². The molecule has 2 saturated heterocycles. The van der Waals surface area contributed by atoms with E-state index < -0.39 is 28.6 Å². The number of unbranched alkanes of at least 4 members (excludes halogenated alkanes) is 1. The molecule has 24 heavy (non-hydrogen) atoms. The number of ether oxygens (including phenoxy) is 2. The Balaban J connectivity index is 2.20. The monoisotopic (exact) mass is 326 g/mol. The lowest BCUT2D eigenvalue weighted by Gasteiger charge is -2.52. The Morgan fingerprint density at radius 3 is 2.54 bits per heavy atom. The summed E-state index contributed by atoms with van der Waals surface area (Å²) in [6, 6.07) is 6.38. The van der Waals surface area contributed by atoms with E-state index in [0.29, 0.717) is 25.2 Å². The van der Waals surface area contributed by atoms with Crippen LogP contribution in [0.25, 0.3) is 0 Å². The number of hydrogen-bond acceptors (Lipinski definition) is 6. The maximum absolute atomic E-state index is 10.1. The van der Waals surface area contributed by atoms with Crippen molar-refractivity contribution in [2.45, 2.75) is 64.3 Å². The van der Waals surface area contributed by atoms with Crippen LogP contribution in [-0.2, 0) is 9.47 Å². The van der Waals surface area contributed by atoms with Crippen LogP contribution in [-0.4, -0.2) is 17.8 Å². The van der Waals surface area contributed by atoms with Gasteiger partial charge in [-0.05, 0) is 25.2 Å². The van der Waals surface area contributed by atoms with Gasteiger partial charge >= 0.3 is 0 Å². The van der Waals surface area contributed by atoms with Crippen molar-refractivity contribution < 1.29 is 9.47 Å². The number of nitrogens with one attached hydrogen (secondary N) is 1. The van der Waals surface area contributed by atoms with Crippen LogP contribution in [0.15, 0.2) is 0 Å². The molecule has 5 unspecified atom stereocenters. The summed E-state index contributed by atoms with van der Waals surface area (Å²) in [5.41, 5.74) is -3.24. The van der Waals surface area contributed by atoms with Crippen LogP contribution in [0.4, 0.5) is 0 Å². The fraction of sp³-hybridized carbons (Fsp3) is 0.778. The quantitative estimate of drug-likeness (QED) is 0.855. The highest BCUT2D eigenvalue weighted by Crippen LogP contribution is 2.67. The highest BCUT2D eigenvalue weighted by atomic mass is 16.7. The number of hydrogen-bond donors (Lipinski definition) is 1. The van der Waals surface area contributed by atoms with Crippen LogP contribution in [0.1, 0.15) is 52.4 Å². The van der Waals surface area contributed by atoms with Gasteiger partial charge in [-0.2, -0.15) is 15.8 Å². The van der Waals surface area contributed by atoms with Crippen molar-refractivity contribution in [3.63, 3.8) is 0 Å². The third kappa shape index (κ3) is 1.74. The molecule has 0 aromatic heterocycles. The summed E-state index contributed by atoms with van der Waals surface area (Å²) in [6.45, 7) is 4.12. The molecule has 1 aliphatic carbocycles. The normalized spacial score (nSPS) is 42.1. The average molecular weight is 326 g/mol. The van der Waals surface area contributed by atoms with Crippen molar-refractivity contribution in [1.29, 1.82) is 21.2 Å². The molecule has 0 spiro atoms. The smallest absolute Gasteiger partial charge is 0.217 e. The minimum Gasteiger partial charge on any atom is -0.447 e. The van der Waals surface area contributed by atoms with Gasteiger partial charge in [-0.15, -0.1) is 0 Å². The first-order valence-corrected chi connectivity index (χ1v) is 8.66. The number of nitrogens with zero attached hydrogens (tertiary/aromatic N) is 3. The Kier molecular flexibility index (Phi) is 3.82. The fourth-order valence-electron chi connectivity index (χ4n) is 4.79. The minimum absolute atomic E-state index is 0.258. The van der Waals surface area contributed by atoms with Gasteiger partial charge in [0.25, 0.3) is 0 Å². The molecule has 3 fully saturated rings. The summed E-state index contributed by atoms with van der Waals surface area (Å²) >= 11 is 0. The molecule has 0 aromatic rings. The molecule has 5 atom stereocenters. The van der Waals surface area contributed by atoms with Gasteiger partial charge in [0.15, 0.2) is 10.8 Å².